The lowest BCUT2D eigenvalue weighted by Gasteiger charge is -2.62. The third-order valence-electron chi connectivity index (χ3n) is 5.63. The van der Waals surface area contributed by atoms with Gasteiger partial charge in [-0.05, 0) is 51.3 Å². The average Bonchev–Trinajstić information content (AvgIpc) is 2.55. The molecule has 132 valence electrons. The maximum Gasteiger partial charge on any atom is 0.317 e. The molecule has 0 aliphatic carbocycles. The van der Waals surface area contributed by atoms with Crippen molar-refractivity contribution in [3.05, 3.63) is 34.9 Å². The van der Waals surface area contributed by atoms with Crippen LogP contribution in [0.15, 0.2) is 24.3 Å². The molecule has 0 aromatic heterocycles. The second kappa shape index (κ2) is 6.93. The highest BCUT2D eigenvalue weighted by atomic mass is 35.5. The summed E-state index contributed by atoms with van der Waals surface area (Å²) in [5.41, 5.74) is 1.65. The molecule has 2 amide bonds. The molecule has 2 aliphatic heterocycles. The zero-order valence-electron chi connectivity index (χ0n) is 14.9. The van der Waals surface area contributed by atoms with Crippen LogP contribution in [0, 0.1) is 5.41 Å². The quantitative estimate of drug-likeness (QED) is 0.897. The molecule has 0 radical (unpaired) electrons. The van der Waals surface area contributed by atoms with Crippen LogP contribution in [-0.4, -0.2) is 48.1 Å². The van der Waals surface area contributed by atoms with Crippen LogP contribution >= 0.6 is 11.6 Å². The summed E-state index contributed by atoms with van der Waals surface area (Å²) in [7, 11) is 0. The Bertz CT molecular complexity index is 579. The molecule has 2 saturated heterocycles. The number of benzene rings is 1. The summed E-state index contributed by atoms with van der Waals surface area (Å²) in [6.07, 6.45) is 2.14. The van der Waals surface area contributed by atoms with E-state index in [1.165, 1.54) is 5.56 Å². The van der Waals surface area contributed by atoms with Crippen molar-refractivity contribution in [2.24, 2.45) is 5.41 Å². The molecule has 1 atom stereocenters. The van der Waals surface area contributed by atoms with Gasteiger partial charge in [0.1, 0.15) is 0 Å². The molecule has 4 nitrogen and oxygen atoms in total. The molecule has 5 heteroatoms. The Balaban J connectivity index is 1.75. The molecule has 1 aromatic rings. The van der Waals surface area contributed by atoms with Gasteiger partial charge >= 0.3 is 6.03 Å². The highest BCUT2D eigenvalue weighted by Crippen LogP contribution is 2.55. The van der Waals surface area contributed by atoms with Gasteiger partial charge < -0.3 is 10.2 Å². The van der Waals surface area contributed by atoms with Crippen LogP contribution in [0.2, 0.25) is 5.02 Å². The van der Waals surface area contributed by atoms with E-state index in [-0.39, 0.29) is 6.03 Å². The number of nitrogens with zero attached hydrogens (tertiary/aromatic N) is 2. The Kier molecular flexibility index (Phi) is 5.07. The van der Waals surface area contributed by atoms with Gasteiger partial charge in [-0.25, -0.2) is 4.79 Å². The first-order chi connectivity index (χ1) is 11.5. The summed E-state index contributed by atoms with van der Waals surface area (Å²) >= 11 is 6.07. The van der Waals surface area contributed by atoms with Crippen molar-refractivity contribution in [2.45, 2.75) is 45.7 Å². The van der Waals surface area contributed by atoms with E-state index in [1.807, 2.05) is 24.0 Å². The van der Waals surface area contributed by atoms with Gasteiger partial charge in [0.25, 0.3) is 0 Å². The molecule has 2 aliphatic rings. The van der Waals surface area contributed by atoms with Gasteiger partial charge in [-0.15, -0.1) is 0 Å². The van der Waals surface area contributed by atoms with Gasteiger partial charge in [-0.3, -0.25) is 4.90 Å². The van der Waals surface area contributed by atoms with E-state index in [4.69, 9.17) is 11.6 Å². The number of hydrogen-bond donors (Lipinski definition) is 1. The topological polar surface area (TPSA) is 35.6 Å². The summed E-state index contributed by atoms with van der Waals surface area (Å²) in [5, 5.41) is 3.70. The van der Waals surface area contributed by atoms with Crippen molar-refractivity contribution in [1.82, 2.24) is 15.1 Å². The van der Waals surface area contributed by atoms with Gasteiger partial charge in [0.2, 0.25) is 0 Å². The standard InChI is InChI=1S/C19H28ClN3O/c1-4-21-18(24)22-11-9-19(10-12-22)13-23(14(2)3)17(19)15-5-7-16(20)8-6-15/h5-8,14,17H,4,9-13H2,1-3H3,(H,21,24). The molecule has 1 spiro atoms. The third kappa shape index (κ3) is 3.14. The third-order valence-corrected chi connectivity index (χ3v) is 5.88. The van der Waals surface area contributed by atoms with Gasteiger partial charge in [-0.2, -0.15) is 0 Å². The highest BCUT2D eigenvalue weighted by molar-refractivity contribution is 6.30. The van der Waals surface area contributed by atoms with E-state index in [2.05, 4.69) is 36.2 Å². The molecule has 3 rings (SSSR count). The van der Waals surface area contributed by atoms with Crippen molar-refractivity contribution in [1.29, 1.82) is 0 Å². The smallest absolute Gasteiger partial charge is 0.317 e. The van der Waals surface area contributed by atoms with Gasteiger partial charge in [-0.1, -0.05) is 23.7 Å². The number of piperidine rings is 1. The minimum atomic E-state index is 0.0791. The van der Waals surface area contributed by atoms with Crippen LogP contribution in [0.25, 0.3) is 0 Å². The Morgan fingerprint density at radius 3 is 2.46 bits per heavy atom. The summed E-state index contributed by atoms with van der Waals surface area (Å²) in [6.45, 7) is 10.0. The van der Waals surface area contributed by atoms with Crippen LogP contribution in [0.3, 0.4) is 0 Å². The molecule has 1 N–H and O–H groups in total. The number of carbonyl (C=O) groups is 1. The first-order valence-electron chi connectivity index (χ1n) is 9.01. The highest BCUT2D eigenvalue weighted by Gasteiger charge is 2.54. The normalized spacial score (nSPS) is 23.4. The monoisotopic (exact) mass is 349 g/mol. The minimum Gasteiger partial charge on any atom is -0.338 e. The minimum absolute atomic E-state index is 0.0791. The average molecular weight is 350 g/mol. The summed E-state index contributed by atoms with van der Waals surface area (Å²) < 4.78 is 0. The van der Waals surface area contributed by atoms with Gasteiger partial charge in [0.05, 0.1) is 0 Å². The fraction of sp³-hybridized carbons (Fsp3) is 0.632. The van der Waals surface area contributed by atoms with Crippen LogP contribution in [-0.2, 0) is 0 Å². The lowest BCUT2D eigenvalue weighted by Crippen LogP contribution is -2.64. The van der Waals surface area contributed by atoms with Crippen molar-refractivity contribution in [3.63, 3.8) is 0 Å². The Hall–Kier alpha value is -1.26. The Labute approximate surface area is 150 Å². The SMILES string of the molecule is CCNC(=O)N1CCC2(CC1)CN(C(C)C)C2c1ccc(Cl)cc1. The fourth-order valence-corrected chi connectivity index (χ4v) is 4.43. The van der Waals surface area contributed by atoms with E-state index >= 15 is 0 Å². The number of likely N-dealkylation sites (tertiary alicyclic amines) is 2. The van der Waals surface area contributed by atoms with Gasteiger partial charge in [0.15, 0.2) is 0 Å². The van der Waals surface area contributed by atoms with Crippen molar-refractivity contribution >= 4 is 17.6 Å². The van der Waals surface area contributed by atoms with Gasteiger partial charge in [0, 0.05) is 48.7 Å². The predicted molar refractivity (Wildman–Crippen MR) is 98.3 cm³/mol. The summed E-state index contributed by atoms with van der Waals surface area (Å²) in [6, 6.07) is 9.36. The molecule has 2 fully saturated rings. The molecule has 2 heterocycles. The molecule has 0 saturated carbocycles. The number of halogens is 1. The van der Waals surface area contributed by atoms with E-state index in [9.17, 15) is 4.79 Å². The molecular formula is C19H28ClN3O. The first-order valence-corrected chi connectivity index (χ1v) is 9.38. The van der Waals surface area contributed by atoms with Crippen molar-refractivity contribution < 1.29 is 4.79 Å². The maximum atomic E-state index is 12.1. The van der Waals surface area contributed by atoms with E-state index in [0.717, 1.165) is 37.5 Å². The van der Waals surface area contributed by atoms with E-state index in [0.29, 0.717) is 24.0 Å². The zero-order valence-corrected chi connectivity index (χ0v) is 15.6. The maximum absolute atomic E-state index is 12.1. The summed E-state index contributed by atoms with van der Waals surface area (Å²) in [5.74, 6) is 0. The van der Waals surface area contributed by atoms with Crippen LogP contribution < -0.4 is 5.32 Å². The number of hydrogen-bond acceptors (Lipinski definition) is 2. The molecule has 1 aromatic carbocycles. The van der Waals surface area contributed by atoms with Crippen molar-refractivity contribution in [2.75, 3.05) is 26.2 Å². The predicted octanol–water partition coefficient (Wildman–Crippen LogP) is 3.92. The molecule has 24 heavy (non-hydrogen) atoms. The van der Waals surface area contributed by atoms with E-state index in [1.54, 1.807) is 0 Å². The lowest BCUT2D eigenvalue weighted by molar-refractivity contribution is -0.123. The molecule has 0 bridgehead atoms. The zero-order chi connectivity index (χ0) is 17.3. The van der Waals surface area contributed by atoms with Crippen LogP contribution in [0.5, 0.6) is 0 Å². The first kappa shape index (κ1) is 17.6. The second-order valence-corrected chi connectivity index (χ2v) is 7.84. The largest absolute Gasteiger partial charge is 0.338 e. The second-order valence-electron chi connectivity index (χ2n) is 7.41. The fourth-order valence-electron chi connectivity index (χ4n) is 4.30. The Morgan fingerprint density at radius 1 is 1.29 bits per heavy atom. The Morgan fingerprint density at radius 2 is 1.92 bits per heavy atom. The number of nitrogens with one attached hydrogen (secondary N) is 1. The van der Waals surface area contributed by atoms with Crippen LogP contribution in [0.4, 0.5) is 4.79 Å². The number of amides is 2. The number of rotatable bonds is 3. The number of carbonyl (C=O) groups excluding carboxylic acids is 1. The molecule has 1 unspecified atom stereocenters. The van der Waals surface area contributed by atoms with Crippen molar-refractivity contribution in [3.8, 4) is 0 Å². The molecular weight excluding hydrogens is 322 g/mol. The number of urea groups is 1. The van der Waals surface area contributed by atoms with Crippen LogP contribution in [0.1, 0.15) is 45.2 Å². The van der Waals surface area contributed by atoms with E-state index < -0.39 is 0 Å². The lowest BCUT2D eigenvalue weighted by atomic mass is 9.62. The summed E-state index contributed by atoms with van der Waals surface area (Å²) in [4.78, 5) is 16.6.